The van der Waals surface area contributed by atoms with Gasteiger partial charge in [-0.1, -0.05) is 26.0 Å². The third kappa shape index (κ3) is 2.73. The van der Waals surface area contributed by atoms with Crippen molar-refractivity contribution in [2.75, 3.05) is 11.6 Å². The van der Waals surface area contributed by atoms with Crippen molar-refractivity contribution in [2.24, 2.45) is 5.41 Å². The first-order valence-electron chi connectivity index (χ1n) is 6.00. The highest BCUT2D eigenvalue weighted by atomic mass is 32.2. The molecule has 0 saturated heterocycles. The fourth-order valence-corrected chi connectivity index (χ4v) is 3.10. The minimum absolute atomic E-state index is 0.520. The van der Waals surface area contributed by atoms with Gasteiger partial charge in [0.05, 0.1) is 0 Å². The van der Waals surface area contributed by atoms with E-state index in [0.717, 1.165) is 0 Å². The summed E-state index contributed by atoms with van der Waals surface area (Å²) < 4.78 is 0. The van der Waals surface area contributed by atoms with Gasteiger partial charge >= 0.3 is 0 Å². The summed E-state index contributed by atoms with van der Waals surface area (Å²) in [5, 5.41) is 3.70. The molecule has 1 fully saturated rings. The SMILES string of the molecule is CSc1ccccc1NC1CCC(C)(C)C1. The molecule has 0 radical (unpaired) electrons. The third-order valence-electron chi connectivity index (χ3n) is 3.44. The van der Waals surface area contributed by atoms with Gasteiger partial charge in [0.25, 0.3) is 0 Å². The molecule has 88 valence electrons. The zero-order chi connectivity index (χ0) is 11.6. The Morgan fingerprint density at radius 1 is 1.31 bits per heavy atom. The van der Waals surface area contributed by atoms with Gasteiger partial charge in [0.1, 0.15) is 0 Å². The van der Waals surface area contributed by atoms with Gasteiger partial charge in [0.2, 0.25) is 0 Å². The summed E-state index contributed by atoms with van der Waals surface area (Å²) in [5.41, 5.74) is 1.82. The molecular weight excluding hydrogens is 214 g/mol. The van der Waals surface area contributed by atoms with Crippen LogP contribution in [0.25, 0.3) is 0 Å². The zero-order valence-corrected chi connectivity index (χ0v) is 11.2. The molecule has 0 spiro atoms. The van der Waals surface area contributed by atoms with Crippen LogP contribution in [-0.2, 0) is 0 Å². The van der Waals surface area contributed by atoms with Crippen LogP contribution in [0.4, 0.5) is 5.69 Å². The van der Waals surface area contributed by atoms with Crippen LogP contribution in [0.2, 0.25) is 0 Å². The molecule has 0 aromatic heterocycles. The first-order chi connectivity index (χ1) is 7.61. The topological polar surface area (TPSA) is 12.0 Å². The predicted molar refractivity (Wildman–Crippen MR) is 73.3 cm³/mol. The normalized spacial score (nSPS) is 23.3. The van der Waals surface area contributed by atoms with Crippen molar-refractivity contribution < 1.29 is 0 Å². The molecule has 0 heterocycles. The second kappa shape index (κ2) is 4.70. The summed E-state index contributed by atoms with van der Waals surface area (Å²) in [5.74, 6) is 0. The Bertz CT molecular complexity index is 360. The summed E-state index contributed by atoms with van der Waals surface area (Å²) in [6, 6.07) is 9.26. The molecule has 1 saturated carbocycles. The summed E-state index contributed by atoms with van der Waals surface area (Å²) in [6.45, 7) is 4.74. The van der Waals surface area contributed by atoms with Crippen LogP contribution in [0.15, 0.2) is 29.2 Å². The van der Waals surface area contributed by atoms with E-state index >= 15 is 0 Å². The molecule has 1 aromatic rings. The Morgan fingerprint density at radius 3 is 2.69 bits per heavy atom. The Labute approximate surface area is 103 Å². The van der Waals surface area contributed by atoms with E-state index in [2.05, 4.69) is 49.7 Å². The Kier molecular flexibility index (Phi) is 3.48. The Balaban J connectivity index is 2.04. The number of benzene rings is 1. The zero-order valence-electron chi connectivity index (χ0n) is 10.4. The molecule has 2 rings (SSSR count). The highest BCUT2D eigenvalue weighted by Crippen LogP contribution is 2.39. The number of para-hydroxylation sites is 1. The van der Waals surface area contributed by atoms with Crippen LogP contribution in [0, 0.1) is 5.41 Å². The van der Waals surface area contributed by atoms with E-state index in [1.807, 2.05) is 11.8 Å². The predicted octanol–water partition coefficient (Wildman–Crippen LogP) is 4.40. The van der Waals surface area contributed by atoms with E-state index in [0.29, 0.717) is 11.5 Å². The Hall–Kier alpha value is -0.630. The van der Waals surface area contributed by atoms with Gasteiger partial charge in [-0.15, -0.1) is 11.8 Å². The molecule has 1 unspecified atom stereocenters. The first-order valence-corrected chi connectivity index (χ1v) is 7.23. The van der Waals surface area contributed by atoms with Crippen molar-refractivity contribution in [1.82, 2.24) is 0 Å². The van der Waals surface area contributed by atoms with E-state index in [9.17, 15) is 0 Å². The van der Waals surface area contributed by atoms with Gasteiger partial charge in [-0.3, -0.25) is 0 Å². The number of hydrogen-bond acceptors (Lipinski definition) is 2. The van der Waals surface area contributed by atoms with E-state index < -0.39 is 0 Å². The highest BCUT2D eigenvalue weighted by Gasteiger charge is 2.30. The van der Waals surface area contributed by atoms with Gasteiger partial charge in [-0.05, 0) is 43.1 Å². The summed E-state index contributed by atoms with van der Waals surface area (Å²) in [6.07, 6.45) is 6.07. The standard InChI is InChI=1S/C14H21NS/c1-14(2)9-8-11(10-14)15-12-6-4-5-7-13(12)16-3/h4-7,11,15H,8-10H2,1-3H3. The average molecular weight is 235 g/mol. The summed E-state index contributed by atoms with van der Waals surface area (Å²) >= 11 is 1.82. The van der Waals surface area contributed by atoms with E-state index in [1.54, 1.807) is 0 Å². The quantitative estimate of drug-likeness (QED) is 0.779. The van der Waals surface area contributed by atoms with Crippen LogP contribution in [0.5, 0.6) is 0 Å². The largest absolute Gasteiger partial charge is 0.381 e. The molecule has 0 aliphatic heterocycles. The summed E-state index contributed by atoms with van der Waals surface area (Å²) in [7, 11) is 0. The molecule has 1 atom stereocenters. The molecule has 1 nitrogen and oxygen atoms in total. The van der Waals surface area contributed by atoms with Gasteiger partial charge in [0.15, 0.2) is 0 Å². The number of anilines is 1. The maximum Gasteiger partial charge on any atom is 0.0480 e. The molecule has 0 amide bonds. The van der Waals surface area contributed by atoms with Crippen LogP contribution >= 0.6 is 11.8 Å². The third-order valence-corrected chi connectivity index (χ3v) is 4.23. The van der Waals surface area contributed by atoms with Crippen LogP contribution < -0.4 is 5.32 Å². The van der Waals surface area contributed by atoms with E-state index in [-0.39, 0.29) is 0 Å². The van der Waals surface area contributed by atoms with Crippen LogP contribution in [0.1, 0.15) is 33.1 Å². The number of rotatable bonds is 3. The molecule has 1 N–H and O–H groups in total. The molecule has 1 aliphatic carbocycles. The second-order valence-corrected chi connectivity index (χ2v) is 6.30. The van der Waals surface area contributed by atoms with Crippen molar-refractivity contribution in [3.63, 3.8) is 0 Å². The lowest BCUT2D eigenvalue weighted by Gasteiger charge is -2.19. The number of hydrogen-bond donors (Lipinski definition) is 1. The average Bonchev–Trinajstić information content (AvgIpc) is 2.59. The second-order valence-electron chi connectivity index (χ2n) is 5.45. The number of nitrogens with one attached hydrogen (secondary N) is 1. The lowest BCUT2D eigenvalue weighted by Crippen LogP contribution is -2.17. The monoisotopic (exact) mass is 235 g/mol. The fourth-order valence-electron chi connectivity index (χ4n) is 2.54. The maximum atomic E-state index is 3.70. The van der Waals surface area contributed by atoms with Crippen LogP contribution in [0.3, 0.4) is 0 Å². The first kappa shape index (κ1) is 11.8. The van der Waals surface area contributed by atoms with Gasteiger partial charge in [-0.2, -0.15) is 0 Å². The van der Waals surface area contributed by atoms with Crippen molar-refractivity contribution in [3.8, 4) is 0 Å². The van der Waals surface area contributed by atoms with Crippen molar-refractivity contribution in [1.29, 1.82) is 0 Å². The lowest BCUT2D eigenvalue weighted by atomic mass is 9.92. The van der Waals surface area contributed by atoms with Crippen LogP contribution in [-0.4, -0.2) is 12.3 Å². The molecule has 0 bridgehead atoms. The molecule has 2 heteroatoms. The number of thioether (sulfide) groups is 1. The molecule has 1 aromatic carbocycles. The van der Waals surface area contributed by atoms with E-state index in [1.165, 1.54) is 29.8 Å². The Morgan fingerprint density at radius 2 is 2.06 bits per heavy atom. The van der Waals surface area contributed by atoms with Gasteiger partial charge in [-0.25, -0.2) is 0 Å². The van der Waals surface area contributed by atoms with E-state index in [4.69, 9.17) is 0 Å². The van der Waals surface area contributed by atoms with Crippen molar-refractivity contribution in [3.05, 3.63) is 24.3 Å². The minimum atomic E-state index is 0.520. The highest BCUT2D eigenvalue weighted by molar-refractivity contribution is 7.98. The minimum Gasteiger partial charge on any atom is -0.381 e. The molecule has 1 aliphatic rings. The van der Waals surface area contributed by atoms with Gasteiger partial charge < -0.3 is 5.32 Å². The lowest BCUT2D eigenvalue weighted by molar-refractivity contribution is 0.378. The fraction of sp³-hybridized carbons (Fsp3) is 0.571. The summed E-state index contributed by atoms with van der Waals surface area (Å²) in [4.78, 5) is 1.35. The van der Waals surface area contributed by atoms with Crippen molar-refractivity contribution in [2.45, 2.75) is 44.0 Å². The molecule has 16 heavy (non-hydrogen) atoms. The van der Waals surface area contributed by atoms with Crippen molar-refractivity contribution >= 4 is 17.4 Å². The van der Waals surface area contributed by atoms with Gasteiger partial charge in [0, 0.05) is 16.6 Å². The maximum absolute atomic E-state index is 3.70. The smallest absolute Gasteiger partial charge is 0.0480 e. The molecular formula is C14H21NS.